The number of piperazine rings is 2. The van der Waals surface area contributed by atoms with E-state index in [0.717, 1.165) is 36.8 Å². The van der Waals surface area contributed by atoms with E-state index in [4.69, 9.17) is 0 Å². The molecule has 9 heteroatoms. The highest BCUT2D eigenvalue weighted by atomic mass is 32.2. The predicted octanol–water partition coefficient (Wildman–Crippen LogP) is 1.30. The summed E-state index contributed by atoms with van der Waals surface area (Å²) < 4.78 is 29.1. The fourth-order valence-electron chi connectivity index (χ4n) is 5.08. The Balaban J connectivity index is 1.30. The van der Waals surface area contributed by atoms with Gasteiger partial charge in [0.2, 0.25) is 0 Å². The van der Waals surface area contributed by atoms with E-state index in [-0.39, 0.29) is 5.91 Å². The fourth-order valence-corrected chi connectivity index (χ4v) is 6.66. The highest BCUT2D eigenvalue weighted by Gasteiger charge is 2.35. The quantitative estimate of drug-likeness (QED) is 0.772. The Morgan fingerprint density at radius 3 is 2.26 bits per heavy atom. The van der Waals surface area contributed by atoms with Crippen LogP contribution >= 0.6 is 0 Å². The number of nitrogens with zero attached hydrogens (tertiary/aromatic N) is 4. The highest BCUT2D eigenvalue weighted by molar-refractivity contribution is 7.86. The van der Waals surface area contributed by atoms with Gasteiger partial charge < -0.3 is 14.8 Å². The molecule has 2 saturated heterocycles. The van der Waals surface area contributed by atoms with Crippen LogP contribution in [-0.4, -0.2) is 97.1 Å². The van der Waals surface area contributed by atoms with Crippen molar-refractivity contribution in [2.45, 2.75) is 25.7 Å². The van der Waals surface area contributed by atoms with E-state index in [1.54, 1.807) is 9.21 Å². The average Bonchev–Trinajstić information content (AvgIpc) is 3.18. The Morgan fingerprint density at radius 1 is 0.903 bits per heavy atom. The van der Waals surface area contributed by atoms with Crippen LogP contribution in [0.5, 0.6) is 0 Å². The Morgan fingerprint density at radius 2 is 1.55 bits per heavy atom. The zero-order valence-electron chi connectivity index (χ0n) is 18.1. The van der Waals surface area contributed by atoms with Crippen molar-refractivity contribution in [3.63, 3.8) is 0 Å². The van der Waals surface area contributed by atoms with Crippen LogP contribution in [0.4, 0.5) is 0 Å². The monoisotopic (exact) mass is 445 g/mol. The van der Waals surface area contributed by atoms with E-state index in [2.05, 4.69) is 16.0 Å². The number of aromatic amines is 1. The van der Waals surface area contributed by atoms with Gasteiger partial charge in [-0.15, -0.1) is 0 Å². The lowest BCUT2D eigenvalue weighted by atomic mass is 9.95. The van der Waals surface area contributed by atoms with Crippen LogP contribution in [0.25, 0.3) is 10.9 Å². The van der Waals surface area contributed by atoms with Gasteiger partial charge in [-0.05, 0) is 44.4 Å². The summed E-state index contributed by atoms with van der Waals surface area (Å²) in [6.45, 7) is 4.08. The molecule has 1 aromatic heterocycles. The average molecular weight is 446 g/mol. The lowest BCUT2D eigenvalue weighted by Crippen LogP contribution is -2.57. The maximum absolute atomic E-state index is 13.3. The molecule has 3 heterocycles. The molecular formula is C22H31N5O3S. The summed E-state index contributed by atoms with van der Waals surface area (Å²) in [5, 5.41) is 1.16. The van der Waals surface area contributed by atoms with E-state index >= 15 is 0 Å². The van der Waals surface area contributed by atoms with Crippen LogP contribution in [0.15, 0.2) is 18.2 Å². The number of nitrogens with one attached hydrogen (secondary N) is 1. The number of aromatic nitrogens is 1. The first-order valence-electron chi connectivity index (χ1n) is 11.3. The van der Waals surface area contributed by atoms with Gasteiger partial charge >= 0.3 is 0 Å². The van der Waals surface area contributed by atoms with Crippen molar-refractivity contribution >= 4 is 27.0 Å². The first kappa shape index (κ1) is 20.9. The summed E-state index contributed by atoms with van der Waals surface area (Å²) in [4.78, 5) is 20.8. The summed E-state index contributed by atoms with van der Waals surface area (Å²) in [5.41, 5.74) is 4.26. The molecule has 0 radical (unpaired) electrons. The summed E-state index contributed by atoms with van der Waals surface area (Å²) >= 11 is 0. The topological polar surface area (TPSA) is 80.0 Å². The number of amides is 1. The number of aryl methyl sites for hydroxylation is 2. The lowest BCUT2D eigenvalue weighted by Gasteiger charge is -2.39. The van der Waals surface area contributed by atoms with Crippen molar-refractivity contribution in [2.75, 3.05) is 59.4 Å². The minimum atomic E-state index is -3.46. The molecule has 2 aliphatic heterocycles. The number of carbonyl (C=O) groups is 1. The minimum absolute atomic E-state index is 0.0131. The third-order valence-corrected chi connectivity index (χ3v) is 9.04. The smallest absolute Gasteiger partial charge is 0.282 e. The number of likely N-dealkylation sites (N-methyl/N-ethyl adjacent to an activating group) is 1. The Hall–Kier alpha value is -1.94. The van der Waals surface area contributed by atoms with Crippen molar-refractivity contribution in [3.05, 3.63) is 35.0 Å². The van der Waals surface area contributed by atoms with Crippen LogP contribution in [0.3, 0.4) is 0 Å². The van der Waals surface area contributed by atoms with Gasteiger partial charge in [-0.2, -0.15) is 17.0 Å². The molecule has 0 atom stereocenters. The first-order valence-corrected chi connectivity index (χ1v) is 12.7. The molecule has 168 valence electrons. The van der Waals surface area contributed by atoms with Gasteiger partial charge in [-0.3, -0.25) is 4.79 Å². The van der Waals surface area contributed by atoms with Gasteiger partial charge in [0.25, 0.3) is 16.1 Å². The molecule has 0 spiro atoms. The Labute approximate surface area is 184 Å². The Kier molecular flexibility index (Phi) is 5.54. The molecule has 31 heavy (non-hydrogen) atoms. The molecule has 2 fully saturated rings. The number of hydrogen-bond donors (Lipinski definition) is 1. The van der Waals surface area contributed by atoms with Crippen molar-refractivity contribution in [1.82, 2.24) is 23.4 Å². The van der Waals surface area contributed by atoms with Crippen LogP contribution in [0.1, 0.15) is 34.5 Å². The summed E-state index contributed by atoms with van der Waals surface area (Å²) in [6.07, 6.45) is 4.49. The highest BCUT2D eigenvalue weighted by Crippen LogP contribution is 2.31. The molecule has 3 aliphatic rings. The molecule has 1 amide bonds. The SMILES string of the molecule is CN1CCN(S(=O)(=O)N2CCN(C(=O)c3cccc4c5c([nH]c34)CCCC5)CC2)CC1. The maximum atomic E-state index is 13.3. The molecule has 0 unspecified atom stereocenters. The zero-order chi connectivity index (χ0) is 21.6. The second-order valence-electron chi connectivity index (χ2n) is 8.92. The van der Waals surface area contributed by atoms with Gasteiger partial charge in [0.1, 0.15) is 0 Å². The largest absolute Gasteiger partial charge is 0.358 e. The molecular weight excluding hydrogens is 414 g/mol. The molecule has 0 bridgehead atoms. The van der Waals surface area contributed by atoms with E-state index in [1.165, 1.54) is 28.4 Å². The first-order chi connectivity index (χ1) is 14.9. The van der Waals surface area contributed by atoms with E-state index < -0.39 is 10.2 Å². The van der Waals surface area contributed by atoms with Crippen LogP contribution in [0.2, 0.25) is 0 Å². The van der Waals surface area contributed by atoms with Crippen LogP contribution in [0, 0.1) is 0 Å². The van der Waals surface area contributed by atoms with E-state index in [1.807, 2.05) is 19.2 Å². The fraction of sp³-hybridized carbons (Fsp3) is 0.591. The second-order valence-corrected chi connectivity index (χ2v) is 10.8. The van der Waals surface area contributed by atoms with Crippen molar-refractivity contribution in [2.24, 2.45) is 0 Å². The maximum Gasteiger partial charge on any atom is 0.282 e. The molecule has 1 aromatic carbocycles. The van der Waals surface area contributed by atoms with Gasteiger partial charge in [-0.1, -0.05) is 12.1 Å². The standard InChI is InChI=1S/C22H31N5O3S/c1-24-9-13-26(14-10-24)31(29,30)27-15-11-25(12-16-27)22(28)19-7-4-6-18-17-5-2-3-8-20(17)23-21(18)19/h4,6-7,23H,2-3,5,8-16H2,1H3. The summed E-state index contributed by atoms with van der Waals surface area (Å²) in [6, 6.07) is 5.96. The van der Waals surface area contributed by atoms with E-state index in [0.29, 0.717) is 44.8 Å². The molecule has 0 saturated carbocycles. The minimum Gasteiger partial charge on any atom is -0.358 e. The van der Waals surface area contributed by atoms with Gasteiger partial charge in [0.15, 0.2) is 0 Å². The van der Waals surface area contributed by atoms with Gasteiger partial charge in [-0.25, -0.2) is 0 Å². The number of fused-ring (bicyclic) bond motifs is 3. The Bertz CT molecular complexity index is 1080. The van der Waals surface area contributed by atoms with E-state index in [9.17, 15) is 13.2 Å². The summed E-state index contributed by atoms with van der Waals surface area (Å²) in [7, 11) is -1.45. The molecule has 8 nitrogen and oxygen atoms in total. The lowest BCUT2D eigenvalue weighted by molar-refractivity contribution is 0.0694. The number of para-hydroxylation sites is 1. The normalized spacial score (nSPS) is 22.0. The van der Waals surface area contributed by atoms with Crippen LogP contribution < -0.4 is 0 Å². The second kappa shape index (κ2) is 8.20. The van der Waals surface area contributed by atoms with Gasteiger partial charge in [0.05, 0.1) is 11.1 Å². The molecule has 5 rings (SSSR count). The van der Waals surface area contributed by atoms with Gasteiger partial charge in [0, 0.05) is 63.4 Å². The van der Waals surface area contributed by atoms with Crippen molar-refractivity contribution in [3.8, 4) is 0 Å². The molecule has 1 N–H and O–H groups in total. The number of rotatable bonds is 3. The third-order valence-electron chi connectivity index (χ3n) is 7.00. The third kappa shape index (κ3) is 3.77. The predicted molar refractivity (Wildman–Crippen MR) is 120 cm³/mol. The number of carbonyl (C=O) groups excluding carboxylic acids is 1. The molecule has 1 aliphatic carbocycles. The van der Waals surface area contributed by atoms with Crippen molar-refractivity contribution in [1.29, 1.82) is 0 Å². The number of hydrogen-bond acceptors (Lipinski definition) is 4. The molecule has 2 aromatic rings. The van der Waals surface area contributed by atoms with Crippen molar-refractivity contribution < 1.29 is 13.2 Å². The zero-order valence-corrected chi connectivity index (χ0v) is 19.0. The number of benzene rings is 1. The van der Waals surface area contributed by atoms with Crippen LogP contribution in [-0.2, 0) is 23.1 Å². The summed E-state index contributed by atoms with van der Waals surface area (Å²) in [5.74, 6) is -0.0131. The number of H-pyrrole nitrogens is 1.